The summed E-state index contributed by atoms with van der Waals surface area (Å²) >= 11 is 0. The highest BCUT2D eigenvalue weighted by Crippen LogP contribution is 2.30. The van der Waals surface area contributed by atoms with Gasteiger partial charge in [0.05, 0.1) is 31.1 Å². The first-order valence-corrected chi connectivity index (χ1v) is 9.30. The summed E-state index contributed by atoms with van der Waals surface area (Å²) in [7, 11) is 0. The molecule has 4 rings (SSSR count). The highest BCUT2D eigenvalue weighted by Gasteiger charge is 2.36. The van der Waals surface area contributed by atoms with Crippen molar-refractivity contribution in [3.8, 4) is 6.07 Å². The molecule has 2 fully saturated rings. The lowest BCUT2D eigenvalue weighted by Gasteiger charge is -2.38. The number of nitriles is 1. The molecule has 26 heavy (non-hydrogen) atoms. The van der Waals surface area contributed by atoms with Crippen molar-refractivity contribution in [2.75, 3.05) is 37.8 Å². The maximum atomic E-state index is 12.9. The van der Waals surface area contributed by atoms with Crippen LogP contribution in [0.2, 0.25) is 0 Å². The monoisotopic (exact) mass is 358 g/mol. The molecular formula is C19H23FN4O2. The highest BCUT2D eigenvalue weighted by molar-refractivity contribution is 5.79. The second kappa shape index (κ2) is 7.20. The Kier molecular flexibility index (Phi) is 4.77. The normalized spacial score (nSPS) is 23.8. The van der Waals surface area contributed by atoms with Crippen LogP contribution in [0.4, 0.5) is 10.2 Å². The molecule has 0 saturated carbocycles. The first-order chi connectivity index (χ1) is 12.7. The molecule has 0 aliphatic carbocycles. The summed E-state index contributed by atoms with van der Waals surface area (Å²) in [6, 6.07) is 4.34. The summed E-state index contributed by atoms with van der Waals surface area (Å²) in [5.74, 6) is 0.687. The smallest absolute Gasteiger partial charge is 0.223 e. The van der Waals surface area contributed by atoms with Crippen LogP contribution in [0.15, 0.2) is 6.07 Å². The molecule has 6 nitrogen and oxygen atoms in total. The van der Waals surface area contributed by atoms with Gasteiger partial charge in [-0.05, 0) is 18.9 Å². The Balaban J connectivity index is 1.47. The molecule has 1 unspecified atom stereocenters. The Morgan fingerprint density at radius 1 is 1.38 bits per heavy atom. The summed E-state index contributed by atoms with van der Waals surface area (Å²) in [4.78, 5) is 20.9. The average Bonchev–Trinajstić information content (AvgIpc) is 3.08. The van der Waals surface area contributed by atoms with Gasteiger partial charge in [0.25, 0.3) is 0 Å². The number of likely N-dealkylation sites (tertiary alicyclic amines) is 1. The van der Waals surface area contributed by atoms with Crippen LogP contribution in [-0.2, 0) is 22.6 Å². The van der Waals surface area contributed by atoms with E-state index in [-0.39, 0.29) is 17.9 Å². The number of aromatic nitrogens is 1. The van der Waals surface area contributed by atoms with Gasteiger partial charge in [0.1, 0.15) is 11.9 Å². The predicted molar refractivity (Wildman–Crippen MR) is 93.3 cm³/mol. The van der Waals surface area contributed by atoms with E-state index in [1.54, 1.807) is 0 Å². The molecule has 1 amide bonds. The number of amides is 1. The van der Waals surface area contributed by atoms with Crippen LogP contribution < -0.4 is 4.90 Å². The van der Waals surface area contributed by atoms with Crippen LogP contribution in [0.3, 0.4) is 0 Å². The van der Waals surface area contributed by atoms with Crippen molar-refractivity contribution in [2.24, 2.45) is 5.92 Å². The van der Waals surface area contributed by atoms with Gasteiger partial charge < -0.3 is 14.5 Å². The zero-order chi connectivity index (χ0) is 18.1. The number of hydrogen-bond acceptors (Lipinski definition) is 5. The van der Waals surface area contributed by atoms with Crippen molar-refractivity contribution in [1.82, 2.24) is 9.88 Å². The van der Waals surface area contributed by atoms with E-state index in [2.05, 4.69) is 11.0 Å². The van der Waals surface area contributed by atoms with E-state index in [0.29, 0.717) is 31.7 Å². The lowest BCUT2D eigenvalue weighted by Crippen LogP contribution is -2.46. The molecule has 138 valence electrons. The quantitative estimate of drug-likeness (QED) is 0.824. The van der Waals surface area contributed by atoms with Gasteiger partial charge >= 0.3 is 0 Å². The zero-order valence-corrected chi connectivity index (χ0v) is 14.8. The Labute approximate surface area is 152 Å². The number of rotatable bonds is 3. The van der Waals surface area contributed by atoms with E-state index in [4.69, 9.17) is 9.72 Å². The summed E-state index contributed by atoms with van der Waals surface area (Å²) in [6.45, 7) is 2.82. The maximum Gasteiger partial charge on any atom is 0.223 e. The maximum absolute atomic E-state index is 12.9. The number of halogens is 1. The van der Waals surface area contributed by atoms with Crippen molar-refractivity contribution in [1.29, 1.82) is 5.26 Å². The number of nitrogens with zero attached hydrogens (tertiary/aromatic N) is 4. The second-order valence-electron chi connectivity index (χ2n) is 7.37. The van der Waals surface area contributed by atoms with Crippen molar-refractivity contribution < 1.29 is 13.9 Å². The highest BCUT2D eigenvalue weighted by atomic mass is 19.1. The summed E-state index contributed by atoms with van der Waals surface area (Å²) < 4.78 is 18.3. The SMILES string of the molecule is N#Cc1cc2c(nc1N1CCC(N3CC(CF)CC3=O)CC1)CCOC2. The van der Waals surface area contributed by atoms with Gasteiger partial charge in [-0.3, -0.25) is 9.18 Å². The molecule has 0 spiro atoms. The average molecular weight is 358 g/mol. The van der Waals surface area contributed by atoms with E-state index < -0.39 is 6.67 Å². The first-order valence-electron chi connectivity index (χ1n) is 9.30. The standard InChI is InChI=1S/C19H23FN4O2/c20-9-13-7-18(25)24(11-13)16-1-4-23(5-2-16)19-14(10-21)8-15-12-26-6-3-17(15)22-19/h8,13,16H,1-7,9,11-12H2. The van der Waals surface area contributed by atoms with Gasteiger partial charge in [-0.1, -0.05) is 0 Å². The number of fused-ring (bicyclic) bond motifs is 1. The molecule has 7 heteroatoms. The Bertz CT molecular complexity index is 740. The number of pyridine rings is 1. The van der Waals surface area contributed by atoms with E-state index in [0.717, 1.165) is 49.4 Å². The lowest BCUT2D eigenvalue weighted by molar-refractivity contribution is -0.130. The van der Waals surface area contributed by atoms with Crippen LogP contribution in [0.1, 0.15) is 36.1 Å². The molecule has 1 aromatic heterocycles. The molecule has 3 aliphatic heterocycles. The molecule has 1 atom stereocenters. The molecule has 0 radical (unpaired) electrons. The topological polar surface area (TPSA) is 69.5 Å². The Morgan fingerprint density at radius 3 is 2.88 bits per heavy atom. The third-order valence-corrected chi connectivity index (χ3v) is 5.69. The Hall–Kier alpha value is -2.20. The molecule has 2 saturated heterocycles. The molecule has 0 bridgehead atoms. The van der Waals surface area contributed by atoms with Gasteiger partial charge in [0.2, 0.25) is 5.91 Å². The Morgan fingerprint density at radius 2 is 2.19 bits per heavy atom. The third-order valence-electron chi connectivity index (χ3n) is 5.69. The van der Waals surface area contributed by atoms with Gasteiger partial charge in [0, 0.05) is 50.0 Å². The number of anilines is 1. The number of carbonyl (C=O) groups is 1. The summed E-state index contributed by atoms with van der Waals surface area (Å²) in [5, 5.41) is 9.52. The number of alkyl halides is 1. The van der Waals surface area contributed by atoms with Crippen molar-refractivity contribution in [2.45, 2.75) is 38.3 Å². The molecule has 1 aromatic rings. The van der Waals surface area contributed by atoms with Gasteiger partial charge in [-0.25, -0.2) is 4.98 Å². The fourth-order valence-corrected chi connectivity index (χ4v) is 4.25. The fraction of sp³-hybridized carbons (Fsp3) is 0.632. The number of hydrogen-bond donors (Lipinski definition) is 0. The minimum Gasteiger partial charge on any atom is -0.376 e. The molecular weight excluding hydrogens is 335 g/mol. The number of ether oxygens (including phenoxy) is 1. The lowest BCUT2D eigenvalue weighted by atomic mass is 10.0. The van der Waals surface area contributed by atoms with E-state index in [1.807, 2.05) is 11.0 Å². The molecule has 3 aliphatic rings. The van der Waals surface area contributed by atoms with E-state index in [1.165, 1.54) is 0 Å². The van der Waals surface area contributed by atoms with Crippen molar-refractivity contribution in [3.63, 3.8) is 0 Å². The number of piperidine rings is 1. The second-order valence-corrected chi connectivity index (χ2v) is 7.37. The minimum absolute atomic E-state index is 0.0794. The van der Waals surface area contributed by atoms with E-state index >= 15 is 0 Å². The molecule has 0 N–H and O–H groups in total. The third kappa shape index (κ3) is 3.14. The largest absolute Gasteiger partial charge is 0.376 e. The van der Waals surface area contributed by atoms with Gasteiger partial charge in [-0.15, -0.1) is 0 Å². The van der Waals surface area contributed by atoms with Crippen LogP contribution >= 0.6 is 0 Å². The van der Waals surface area contributed by atoms with E-state index in [9.17, 15) is 14.4 Å². The first kappa shape index (κ1) is 17.2. The summed E-state index contributed by atoms with van der Waals surface area (Å²) in [5.41, 5.74) is 2.61. The minimum atomic E-state index is -0.421. The molecule has 0 aromatic carbocycles. The molecule has 4 heterocycles. The van der Waals surface area contributed by atoms with Gasteiger partial charge in [-0.2, -0.15) is 5.26 Å². The van der Waals surface area contributed by atoms with Crippen LogP contribution in [-0.4, -0.2) is 54.7 Å². The predicted octanol–water partition coefficient (Wildman–Crippen LogP) is 1.81. The zero-order valence-electron chi connectivity index (χ0n) is 14.8. The van der Waals surface area contributed by atoms with Crippen molar-refractivity contribution >= 4 is 11.7 Å². The summed E-state index contributed by atoms with van der Waals surface area (Å²) in [6.07, 6.45) is 2.77. The van der Waals surface area contributed by atoms with Crippen LogP contribution in [0, 0.1) is 17.2 Å². The van der Waals surface area contributed by atoms with Gasteiger partial charge in [0.15, 0.2) is 0 Å². The number of carbonyl (C=O) groups excluding carboxylic acids is 1. The fourth-order valence-electron chi connectivity index (χ4n) is 4.25. The van der Waals surface area contributed by atoms with Crippen LogP contribution in [0.5, 0.6) is 0 Å². The van der Waals surface area contributed by atoms with Crippen LogP contribution in [0.25, 0.3) is 0 Å². The van der Waals surface area contributed by atoms with Crippen molar-refractivity contribution in [3.05, 3.63) is 22.9 Å².